The van der Waals surface area contributed by atoms with E-state index in [1.165, 1.54) is 77.0 Å². The lowest BCUT2D eigenvalue weighted by Crippen LogP contribution is -2.42. The molecule has 1 N–H and O–H groups in total. The molecule has 0 fully saturated rings. The van der Waals surface area contributed by atoms with Gasteiger partial charge in [-0.05, 0) is 12.8 Å². The lowest BCUT2D eigenvalue weighted by molar-refractivity contribution is -0.123. The van der Waals surface area contributed by atoms with Crippen molar-refractivity contribution in [2.24, 2.45) is 0 Å². The predicted molar refractivity (Wildman–Crippen MR) is 92.1 cm³/mol. The van der Waals surface area contributed by atoms with Gasteiger partial charge in [0, 0.05) is 20.0 Å². The lowest BCUT2D eigenvalue weighted by atomic mass is 10.1. The van der Waals surface area contributed by atoms with Crippen LogP contribution in [0, 0.1) is 0 Å². The highest BCUT2D eigenvalue weighted by Crippen LogP contribution is 2.08. The van der Waals surface area contributed by atoms with Gasteiger partial charge in [0.15, 0.2) is 0 Å². The van der Waals surface area contributed by atoms with Gasteiger partial charge >= 0.3 is 0 Å². The van der Waals surface area contributed by atoms with E-state index in [2.05, 4.69) is 24.3 Å². The Kier molecular flexibility index (Phi) is 15.4. The molecule has 0 heterocycles. The minimum Gasteiger partial charge on any atom is -0.289 e. The van der Waals surface area contributed by atoms with Gasteiger partial charge < -0.3 is 0 Å². The molecule has 0 aliphatic rings. The zero-order valence-electron chi connectivity index (χ0n) is 14.8. The highest BCUT2D eigenvalue weighted by Gasteiger charge is 2.05. The number of nitrogens with zero attached hydrogens (tertiary/aromatic N) is 1. The first-order chi connectivity index (χ1) is 10.2. The smallest absolute Gasteiger partial charge is 0.231 e. The van der Waals surface area contributed by atoms with Gasteiger partial charge in [0.2, 0.25) is 5.91 Å². The number of carbonyl (C=O) groups excluding carboxylic acids is 1. The number of amides is 1. The molecule has 0 unspecified atom stereocenters. The Morgan fingerprint density at radius 3 is 1.48 bits per heavy atom. The number of rotatable bonds is 15. The van der Waals surface area contributed by atoms with Crippen LogP contribution in [0.3, 0.4) is 0 Å². The average Bonchev–Trinajstić information content (AvgIpc) is 2.45. The molecule has 3 heteroatoms. The fourth-order valence-electron chi connectivity index (χ4n) is 2.61. The van der Waals surface area contributed by atoms with Crippen LogP contribution >= 0.6 is 0 Å². The summed E-state index contributed by atoms with van der Waals surface area (Å²) in [5.74, 6) is 0.0620. The van der Waals surface area contributed by atoms with Crippen molar-refractivity contribution in [3.63, 3.8) is 0 Å². The molecule has 0 saturated carbocycles. The maximum atomic E-state index is 11.2. The molecular weight excluding hydrogens is 260 g/mol. The first-order valence-corrected chi connectivity index (χ1v) is 9.22. The molecule has 3 nitrogen and oxygen atoms in total. The maximum Gasteiger partial charge on any atom is 0.231 e. The second-order valence-corrected chi connectivity index (χ2v) is 6.19. The van der Waals surface area contributed by atoms with Gasteiger partial charge in [-0.15, -0.1) is 0 Å². The van der Waals surface area contributed by atoms with Crippen LogP contribution in [0.25, 0.3) is 0 Å². The molecule has 0 aliphatic heterocycles. The van der Waals surface area contributed by atoms with E-state index in [1.54, 1.807) is 6.92 Å². The van der Waals surface area contributed by atoms with Gasteiger partial charge in [0.1, 0.15) is 0 Å². The molecule has 1 amide bonds. The van der Waals surface area contributed by atoms with Gasteiger partial charge in [-0.3, -0.25) is 10.2 Å². The molecule has 126 valence electrons. The van der Waals surface area contributed by atoms with Crippen molar-refractivity contribution in [2.75, 3.05) is 13.1 Å². The number of nitrogens with one attached hydrogen (secondary N) is 1. The molecular formula is C18H38N2O. The van der Waals surface area contributed by atoms with E-state index >= 15 is 0 Å². The normalized spacial score (nSPS) is 11.0. The molecule has 0 aromatic rings. The van der Waals surface area contributed by atoms with Gasteiger partial charge in [-0.2, -0.15) is 0 Å². The molecule has 0 saturated heterocycles. The Balaban J connectivity index is 3.64. The number of hydrazine groups is 1. The maximum absolute atomic E-state index is 11.2. The molecule has 0 spiro atoms. The number of hydrogen-bond donors (Lipinski definition) is 1. The van der Waals surface area contributed by atoms with E-state index in [0.717, 1.165) is 13.1 Å². The Hall–Kier alpha value is -0.570. The summed E-state index contributed by atoms with van der Waals surface area (Å²) in [6, 6.07) is 0. The van der Waals surface area contributed by atoms with E-state index in [4.69, 9.17) is 0 Å². The Bertz CT molecular complexity index is 215. The minimum absolute atomic E-state index is 0.0620. The molecule has 21 heavy (non-hydrogen) atoms. The number of hydrogen-bond acceptors (Lipinski definition) is 2. The molecule has 0 aliphatic carbocycles. The third-order valence-corrected chi connectivity index (χ3v) is 3.88. The van der Waals surface area contributed by atoms with Crippen molar-refractivity contribution in [1.29, 1.82) is 0 Å². The summed E-state index contributed by atoms with van der Waals surface area (Å²) in [5, 5.41) is 2.13. The Morgan fingerprint density at radius 1 is 0.714 bits per heavy atom. The molecule has 0 aromatic heterocycles. The van der Waals surface area contributed by atoms with Crippen LogP contribution in [-0.2, 0) is 4.79 Å². The van der Waals surface area contributed by atoms with Gasteiger partial charge in [-0.25, -0.2) is 5.01 Å². The fraction of sp³-hybridized carbons (Fsp3) is 0.944. The van der Waals surface area contributed by atoms with Crippen LogP contribution in [-0.4, -0.2) is 24.0 Å². The Morgan fingerprint density at radius 2 is 1.10 bits per heavy atom. The SMILES string of the molecule is CCCCCCCCN(CCCCCCCC)NC(C)=O. The molecule has 0 rings (SSSR count). The van der Waals surface area contributed by atoms with Gasteiger partial charge in [-0.1, -0.05) is 78.1 Å². The second kappa shape index (κ2) is 15.8. The van der Waals surface area contributed by atoms with E-state index < -0.39 is 0 Å². The van der Waals surface area contributed by atoms with Gasteiger partial charge in [0.25, 0.3) is 0 Å². The van der Waals surface area contributed by atoms with E-state index in [1.807, 2.05) is 0 Å². The third-order valence-electron chi connectivity index (χ3n) is 3.88. The predicted octanol–water partition coefficient (Wildman–Crippen LogP) is 5.06. The van der Waals surface area contributed by atoms with Crippen molar-refractivity contribution in [1.82, 2.24) is 10.4 Å². The third kappa shape index (κ3) is 15.6. The van der Waals surface area contributed by atoms with Crippen molar-refractivity contribution in [3.8, 4) is 0 Å². The zero-order chi connectivity index (χ0) is 15.8. The summed E-state index contributed by atoms with van der Waals surface area (Å²) in [7, 11) is 0. The van der Waals surface area contributed by atoms with Crippen molar-refractivity contribution in [3.05, 3.63) is 0 Å². The summed E-state index contributed by atoms with van der Waals surface area (Å²) in [6.45, 7) is 8.11. The van der Waals surface area contributed by atoms with Crippen LogP contribution in [0.4, 0.5) is 0 Å². The standard InChI is InChI=1S/C18H38N2O/c1-4-6-8-10-12-14-16-20(19-18(3)21)17-15-13-11-9-7-5-2/h4-17H2,1-3H3,(H,19,21). The van der Waals surface area contributed by atoms with Crippen LogP contribution < -0.4 is 5.43 Å². The van der Waals surface area contributed by atoms with Crippen molar-refractivity contribution >= 4 is 5.91 Å². The Labute approximate surface area is 132 Å². The molecule has 0 aromatic carbocycles. The number of unbranched alkanes of at least 4 members (excludes halogenated alkanes) is 10. The monoisotopic (exact) mass is 298 g/mol. The quantitative estimate of drug-likeness (QED) is 0.338. The van der Waals surface area contributed by atoms with Crippen LogP contribution in [0.5, 0.6) is 0 Å². The summed E-state index contributed by atoms with van der Waals surface area (Å²) >= 11 is 0. The highest BCUT2D eigenvalue weighted by molar-refractivity contribution is 5.72. The zero-order valence-corrected chi connectivity index (χ0v) is 14.8. The first-order valence-electron chi connectivity index (χ1n) is 9.22. The van der Waals surface area contributed by atoms with Crippen molar-refractivity contribution in [2.45, 2.75) is 97.8 Å². The summed E-state index contributed by atoms with van der Waals surface area (Å²) in [6.07, 6.45) is 15.6. The minimum atomic E-state index is 0.0620. The summed E-state index contributed by atoms with van der Waals surface area (Å²) in [5.41, 5.74) is 2.98. The first kappa shape index (κ1) is 20.4. The van der Waals surface area contributed by atoms with Crippen LogP contribution in [0.1, 0.15) is 97.8 Å². The lowest BCUT2D eigenvalue weighted by Gasteiger charge is -2.22. The fourth-order valence-corrected chi connectivity index (χ4v) is 2.61. The number of carbonyl (C=O) groups is 1. The second-order valence-electron chi connectivity index (χ2n) is 6.19. The summed E-state index contributed by atoms with van der Waals surface area (Å²) < 4.78 is 0. The molecule has 0 bridgehead atoms. The molecule has 0 radical (unpaired) electrons. The summed E-state index contributed by atoms with van der Waals surface area (Å²) in [4.78, 5) is 11.2. The average molecular weight is 299 g/mol. The molecule has 0 atom stereocenters. The largest absolute Gasteiger partial charge is 0.289 e. The van der Waals surface area contributed by atoms with Crippen molar-refractivity contribution < 1.29 is 4.79 Å². The van der Waals surface area contributed by atoms with Crippen LogP contribution in [0.2, 0.25) is 0 Å². The highest BCUT2D eigenvalue weighted by atomic mass is 16.2. The van der Waals surface area contributed by atoms with Crippen LogP contribution in [0.15, 0.2) is 0 Å². The van der Waals surface area contributed by atoms with E-state index in [9.17, 15) is 4.79 Å². The van der Waals surface area contributed by atoms with E-state index in [-0.39, 0.29) is 5.91 Å². The topological polar surface area (TPSA) is 32.3 Å². The van der Waals surface area contributed by atoms with E-state index in [0.29, 0.717) is 0 Å². The van der Waals surface area contributed by atoms with Gasteiger partial charge in [0.05, 0.1) is 0 Å².